The van der Waals surface area contributed by atoms with Gasteiger partial charge >= 0.3 is 5.97 Å². The van der Waals surface area contributed by atoms with Gasteiger partial charge in [-0.2, -0.15) is 4.31 Å². The highest BCUT2D eigenvalue weighted by Crippen LogP contribution is 2.29. The van der Waals surface area contributed by atoms with Crippen molar-refractivity contribution in [2.75, 3.05) is 26.2 Å². The molecule has 1 atom stereocenters. The average molecular weight is 365 g/mol. The molecule has 3 rings (SSSR count). The molecule has 0 bridgehead atoms. The smallest absolute Gasteiger partial charge is 0.374 e. The number of ether oxygens (including phenoxy) is 1. The van der Waals surface area contributed by atoms with E-state index in [1.165, 1.54) is 16.4 Å². The van der Waals surface area contributed by atoms with Crippen LogP contribution in [0.4, 0.5) is 0 Å². The van der Waals surface area contributed by atoms with Crippen molar-refractivity contribution in [3.05, 3.63) is 48.0 Å². The highest BCUT2D eigenvalue weighted by Gasteiger charge is 2.36. The number of sulfonamides is 1. The summed E-state index contributed by atoms with van der Waals surface area (Å²) in [5, 5.41) is 2.92. The zero-order chi connectivity index (χ0) is 17.9. The van der Waals surface area contributed by atoms with Gasteiger partial charge in [-0.1, -0.05) is 6.07 Å². The molecule has 0 saturated carbocycles. The Kier molecular flexibility index (Phi) is 5.16. The third kappa shape index (κ3) is 3.58. The van der Waals surface area contributed by atoms with E-state index in [4.69, 9.17) is 9.15 Å². The molecule has 9 heteroatoms. The Hall–Kier alpha value is -2.23. The Labute approximate surface area is 145 Å². The van der Waals surface area contributed by atoms with Crippen LogP contribution < -0.4 is 5.32 Å². The number of aromatic nitrogens is 1. The molecule has 8 nitrogen and oxygen atoms in total. The number of hydrogen-bond acceptors (Lipinski definition) is 7. The van der Waals surface area contributed by atoms with E-state index in [1.54, 1.807) is 25.4 Å². The van der Waals surface area contributed by atoms with Crippen LogP contribution in [0.15, 0.2) is 46.2 Å². The van der Waals surface area contributed by atoms with Gasteiger partial charge < -0.3 is 14.5 Å². The van der Waals surface area contributed by atoms with Crippen molar-refractivity contribution >= 4 is 16.0 Å². The summed E-state index contributed by atoms with van der Waals surface area (Å²) in [6.07, 6.45) is 3.28. The van der Waals surface area contributed by atoms with E-state index in [-0.39, 0.29) is 24.0 Å². The summed E-state index contributed by atoms with van der Waals surface area (Å²) < 4.78 is 37.5. The van der Waals surface area contributed by atoms with Crippen molar-refractivity contribution in [2.45, 2.75) is 18.1 Å². The molecule has 0 amide bonds. The minimum atomic E-state index is -3.90. The third-order valence-corrected chi connectivity index (χ3v) is 5.67. The maximum atomic E-state index is 13.0. The second-order valence-electron chi connectivity index (χ2n) is 5.46. The summed E-state index contributed by atoms with van der Waals surface area (Å²) in [5.41, 5.74) is 0.787. The highest BCUT2D eigenvalue weighted by molar-refractivity contribution is 7.89. The van der Waals surface area contributed by atoms with E-state index < -0.39 is 22.0 Å². The Balaban J connectivity index is 1.91. The molecule has 2 aromatic rings. The molecule has 0 aliphatic carbocycles. The van der Waals surface area contributed by atoms with E-state index in [2.05, 4.69) is 10.3 Å². The SMILES string of the molecule is CCOC(=O)c1ccc(S(=O)(=O)N2CCNCC2c2cccnc2)o1. The van der Waals surface area contributed by atoms with Crippen LogP contribution in [0.5, 0.6) is 0 Å². The first-order chi connectivity index (χ1) is 12.0. The van der Waals surface area contributed by atoms with Crippen LogP contribution in [0.1, 0.15) is 29.1 Å². The summed E-state index contributed by atoms with van der Waals surface area (Å²) in [7, 11) is -3.90. The predicted molar refractivity (Wildman–Crippen MR) is 88.4 cm³/mol. The molecule has 1 saturated heterocycles. The highest BCUT2D eigenvalue weighted by atomic mass is 32.2. The first kappa shape index (κ1) is 17.6. The zero-order valence-corrected chi connectivity index (χ0v) is 14.5. The summed E-state index contributed by atoms with van der Waals surface area (Å²) in [5.74, 6) is -0.818. The van der Waals surface area contributed by atoms with E-state index in [0.717, 1.165) is 5.56 Å². The van der Waals surface area contributed by atoms with E-state index in [9.17, 15) is 13.2 Å². The molecule has 1 unspecified atom stereocenters. The number of hydrogen-bond donors (Lipinski definition) is 1. The summed E-state index contributed by atoms with van der Waals surface area (Å²) >= 11 is 0. The van der Waals surface area contributed by atoms with Gasteiger partial charge in [0.2, 0.25) is 10.9 Å². The third-order valence-electron chi connectivity index (χ3n) is 3.88. The second-order valence-corrected chi connectivity index (χ2v) is 7.28. The van der Waals surface area contributed by atoms with Crippen LogP contribution in [-0.2, 0) is 14.8 Å². The lowest BCUT2D eigenvalue weighted by Crippen LogP contribution is -2.48. The number of carbonyl (C=O) groups excluding carboxylic acids is 1. The lowest BCUT2D eigenvalue weighted by molar-refractivity contribution is 0.0483. The molecule has 1 aliphatic heterocycles. The molecule has 25 heavy (non-hydrogen) atoms. The average Bonchev–Trinajstić information content (AvgIpc) is 3.14. The predicted octanol–water partition coefficient (Wildman–Crippen LogP) is 1.19. The van der Waals surface area contributed by atoms with Gasteiger partial charge in [-0.25, -0.2) is 13.2 Å². The molecule has 1 fully saturated rings. The van der Waals surface area contributed by atoms with Gasteiger partial charge in [0.25, 0.3) is 10.0 Å². The van der Waals surface area contributed by atoms with Crippen molar-refractivity contribution in [2.24, 2.45) is 0 Å². The molecule has 3 heterocycles. The number of pyridine rings is 1. The summed E-state index contributed by atoms with van der Waals surface area (Å²) in [6, 6.07) is 5.79. The number of nitrogens with one attached hydrogen (secondary N) is 1. The molecule has 0 aromatic carbocycles. The number of piperazine rings is 1. The number of furan rings is 1. The van der Waals surface area contributed by atoms with Crippen LogP contribution in [0.2, 0.25) is 0 Å². The summed E-state index contributed by atoms with van der Waals surface area (Å²) in [6.45, 7) is 3.13. The maximum absolute atomic E-state index is 13.0. The lowest BCUT2D eigenvalue weighted by Gasteiger charge is -2.34. The van der Waals surface area contributed by atoms with Crippen molar-refractivity contribution in [1.29, 1.82) is 0 Å². The standard InChI is InChI=1S/C16H19N3O5S/c1-2-23-16(20)14-5-6-15(24-14)25(21,22)19-9-8-18-11-13(19)12-4-3-7-17-10-12/h3-7,10,13,18H,2,8-9,11H2,1H3. The van der Waals surface area contributed by atoms with Gasteiger partial charge in [0.05, 0.1) is 12.6 Å². The van der Waals surface area contributed by atoms with Gasteiger partial charge in [-0.15, -0.1) is 0 Å². The normalized spacial score (nSPS) is 18.8. The minimum Gasteiger partial charge on any atom is -0.460 e. The van der Waals surface area contributed by atoms with Gasteiger partial charge in [-0.3, -0.25) is 4.98 Å². The number of esters is 1. The first-order valence-electron chi connectivity index (χ1n) is 7.93. The molecular weight excluding hydrogens is 346 g/mol. The Morgan fingerprint density at radius 2 is 2.28 bits per heavy atom. The molecule has 1 N–H and O–H groups in total. The van der Waals surface area contributed by atoms with Gasteiger partial charge in [0.15, 0.2) is 0 Å². The Bertz CT molecular complexity index is 834. The molecule has 134 valence electrons. The molecule has 2 aromatic heterocycles. The lowest BCUT2D eigenvalue weighted by atomic mass is 10.1. The van der Waals surface area contributed by atoms with E-state index >= 15 is 0 Å². The fourth-order valence-corrected chi connectivity index (χ4v) is 4.25. The van der Waals surface area contributed by atoms with Crippen LogP contribution >= 0.6 is 0 Å². The largest absolute Gasteiger partial charge is 0.460 e. The van der Waals surface area contributed by atoms with Crippen molar-refractivity contribution in [1.82, 2.24) is 14.6 Å². The zero-order valence-electron chi connectivity index (χ0n) is 13.7. The van der Waals surface area contributed by atoms with Gasteiger partial charge in [-0.05, 0) is 30.7 Å². The molecule has 1 aliphatic rings. The monoisotopic (exact) mass is 365 g/mol. The first-order valence-corrected chi connectivity index (χ1v) is 9.37. The van der Waals surface area contributed by atoms with Crippen LogP contribution in [-0.4, -0.2) is 49.9 Å². The van der Waals surface area contributed by atoms with Crippen molar-refractivity contribution < 1.29 is 22.4 Å². The van der Waals surface area contributed by atoms with Crippen molar-refractivity contribution in [3.63, 3.8) is 0 Å². The fraction of sp³-hybridized carbons (Fsp3) is 0.375. The van der Waals surface area contributed by atoms with E-state index in [0.29, 0.717) is 13.1 Å². The number of rotatable bonds is 5. The molecule has 0 radical (unpaired) electrons. The topological polar surface area (TPSA) is 102 Å². The Morgan fingerprint density at radius 3 is 3.00 bits per heavy atom. The van der Waals surface area contributed by atoms with Crippen LogP contribution in [0.3, 0.4) is 0 Å². The van der Waals surface area contributed by atoms with Crippen LogP contribution in [0, 0.1) is 0 Å². The van der Waals surface area contributed by atoms with Crippen LogP contribution in [0.25, 0.3) is 0 Å². The van der Waals surface area contributed by atoms with Gasteiger partial charge in [0.1, 0.15) is 0 Å². The Morgan fingerprint density at radius 1 is 1.44 bits per heavy atom. The number of carbonyl (C=O) groups is 1. The number of nitrogens with zero attached hydrogens (tertiary/aromatic N) is 2. The molecule has 0 spiro atoms. The molecular formula is C16H19N3O5S. The van der Waals surface area contributed by atoms with Gasteiger partial charge in [0, 0.05) is 32.0 Å². The van der Waals surface area contributed by atoms with Crippen molar-refractivity contribution in [3.8, 4) is 0 Å². The fourth-order valence-electron chi connectivity index (χ4n) is 2.72. The quantitative estimate of drug-likeness (QED) is 0.794. The minimum absolute atomic E-state index is 0.131. The second kappa shape index (κ2) is 7.34. The maximum Gasteiger partial charge on any atom is 0.374 e. The van der Waals surface area contributed by atoms with E-state index in [1.807, 2.05) is 6.07 Å². The summed E-state index contributed by atoms with van der Waals surface area (Å²) in [4.78, 5) is 15.8.